The summed E-state index contributed by atoms with van der Waals surface area (Å²) in [5, 5.41) is 0. The second-order valence-corrected chi connectivity index (χ2v) is 4.88. The number of anilines is 1. The topological polar surface area (TPSA) is 33.2 Å². The molecule has 1 aromatic carbocycles. The van der Waals surface area contributed by atoms with E-state index in [1.807, 2.05) is 31.2 Å². The zero-order valence-corrected chi connectivity index (χ0v) is 11.8. The van der Waals surface area contributed by atoms with E-state index in [4.69, 9.17) is 0 Å². The quantitative estimate of drug-likeness (QED) is 0.796. The fourth-order valence-corrected chi connectivity index (χ4v) is 1.82. The van der Waals surface area contributed by atoms with Crippen molar-refractivity contribution in [2.24, 2.45) is 0 Å². The van der Waals surface area contributed by atoms with Crippen LogP contribution in [0.2, 0.25) is 0 Å². The molecule has 0 saturated heterocycles. The third-order valence-electron chi connectivity index (χ3n) is 2.70. The number of benzene rings is 1. The van der Waals surface area contributed by atoms with Gasteiger partial charge < -0.3 is 4.90 Å². The van der Waals surface area contributed by atoms with Gasteiger partial charge in [0.05, 0.1) is 5.56 Å². The number of nitrogens with zero attached hydrogens (tertiary/aromatic N) is 2. The van der Waals surface area contributed by atoms with E-state index in [0.29, 0.717) is 5.56 Å². The fraction of sp³-hybridized carbons (Fsp3) is 0.143. The van der Waals surface area contributed by atoms with Crippen molar-refractivity contribution >= 4 is 27.5 Å². The van der Waals surface area contributed by atoms with E-state index in [2.05, 4.69) is 20.9 Å². The third-order valence-corrected chi connectivity index (χ3v) is 3.17. The number of halogens is 1. The molecule has 18 heavy (non-hydrogen) atoms. The number of hydrogen-bond donors (Lipinski definition) is 0. The van der Waals surface area contributed by atoms with Gasteiger partial charge in [0.1, 0.15) is 4.60 Å². The summed E-state index contributed by atoms with van der Waals surface area (Å²) in [6.07, 6.45) is 1.57. The van der Waals surface area contributed by atoms with Crippen molar-refractivity contribution in [3.8, 4) is 0 Å². The van der Waals surface area contributed by atoms with Crippen LogP contribution in [0.25, 0.3) is 0 Å². The second-order valence-electron chi connectivity index (χ2n) is 4.07. The molecule has 0 radical (unpaired) electrons. The molecule has 0 fully saturated rings. The van der Waals surface area contributed by atoms with E-state index in [-0.39, 0.29) is 5.91 Å². The first-order valence-electron chi connectivity index (χ1n) is 5.54. The van der Waals surface area contributed by atoms with Crippen molar-refractivity contribution in [3.63, 3.8) is 0 Å². The number of carbonyl (C=O) groups is 1. The molecule has 1 heterocycles. The summed E-state index contributed by atoms with van der Waals surface area (Å²) in [5.41, 5.74) is 2.61. The molecule has 0 aliphatic rings. The molecule has 0 atom stereocenters. The Morgan fingerprint density at radius 1 is 1.17 bits per heavy atom. The Hall–Kier alpha value is -1.68. The largest absolute Gasteiger partial charge is 0.311 e. The third kappa shape index (κ3) is 2.76. The lowest BCUT2D eigenvalue weighted by Gasteiger charge is -2.17. The Kier molecular flexibility index (Phi) is 3.77. The minimum atomic E-state index is -0.0705. The van der Waals surface area contributed by atoms with Crippen LogP contribution >= 0.6 is 15.9 Å². The van der Waals surface area contributed by atoms with E-state index >= 15 is 0 Å². The number of aromatic nitrogens is 1. The van der Waals surface area contributed by atoms with Crippen LogP contribution in [0.4, 0.5) is 5.69 Å². The number of aryl methyl sites for hydroxylation is 1. The number of carbonyl (C=O) groups excluding carboxylic acids is 1. The highest BCUT2D eigenvalue weighted by molar-refractivity contribution is 9.10. The first-order chi connectivity index (χ1) is 8.58. The maximum absolute atomic E-state index is 12.2. The maximum Gasteiger partial charge on any atom is 0.259 e. The molecule has 2 rings (SSSR count). The van der Waals surface area contributed by atoms with Crippen LogP contribution in [-0.2, 0) is 0 Å². The predicted molar refractivity (Wildman–Crippen MR) is 75.8 cm³/mol. The molecule has 92 valence electrons. The average Bonchev–Trinajstić information content (AvgIpc) is 2.39. The SMILES string of the molecule is Cc1ccc(N(C)C(=O)c2ccc(Br)nc2)cc1. The van der Waals surface area contributed by atoms with E-state index in [1.54, 1.807) is 30.3 Å². The zero-order chi connectivity index (χ0) is 13.1. The Balaban J connectivity index is 2.23. The van der Waals surface area contributed by atoms with E-state index in [0.717, 1.165) is 10.3 Å². The Morgan fingerprint density at radius 2 is 1.83 bits per heavy atom. The van der Waals surface area contributed by atoms with Crippen molar-refractivity contribution in [3.05, 3.63) is 58.3 Å². The van der Waals surface area contributed by atoms with Crippen molar-refractivity contribution in [1.29, 1.82) is 0 Å². The summed E-state index contributed by atoms with van der Waals surface area (Å²) in [7, 11) is 1.76. The molecule has 2 aromatic rings. The van der Waals surface area contributed by atoms with Gasteiger partial charge in [-0.15, -0.1) is 0 Å². The van der Waals surface area contributed by atoms with E-state index in [1.165, 1.54) is 5.56 Å². The molecular formula is C14H13BrN2O. The van der Waals surface area contributed by atoms with Crippen molar-refractivity contribution in [2.45, 2.75) is 6.92 Å². The van der Waals surface area contributed by atoms with E-state index in [9.17, 15) is 4.79 Å². The van der Waals surface area contributed by atoms with Gasteiger partial charge in [0.2, 0.25) is 0 Å². The highest BCUT2D eigenvalue weighted by atomic mass is 79.9. The molecule has 0 aliphatic carbocycles. The Labute approximate surface area is 115 Å². The molecular weight excluding hydrogens is 292 g/mol. The lowest BCUT2D eigenvalue weighted by molar-refractivity contribution is 0.0992. The Bertz CT molecular complexity index is 549. The molecule has 4 heteroatoms. The smallest absolute Gasteiger partial charge is 0.259 e. The lowest BCUT2D eigenvalue weighted by Crippen LogP contribution is -2.26. The summed E-state index contributed by atoms with van der Waals surface area (Å²) < 4.78 is 0.719. The van der Waals surface area contributed by atoms with Gasteiger partial charge in [-0.2, -0.15) is 0 Å². The fourth-order valence-electron chi connectivity index (χ4n) is 1.58. The van der Waals surface area contributed by atoms with Crippen LogP contribution in [0.5, 0.6) is 0 Å². The van der Waals surface area contributed by atoms with Gasteiger partial charge in [-0.05, 0) is 47.1 Å². The van der Waals surface area contributed by atoms with Gasteiger partial charge in [-0.1, -0.05) is 17.7 Å². The highest BCUT2D eigenvalue weighted by Gasteiger charge is 2.13. The zero-order valence-electron chi connectivity index (χ0n) is 10.2. The monoisotopic (exact) mass is 304 g/mol. The molecule has 0 aliphatic heterocycles. The van der Waals surface area contributed by atoms with Gasteiger partial charge in [0.25, 0.3) is 5.91 Å². The van der Waals surface area contributed by atoms with Crippen LogP contribution in [0.15, 0.2) is 47.2 Å². The molecule has 3 nitrogen and oxygen atoms in total. The average molecular weight is 305 g/mol. The standard InChI is InChI=1S/C14H13BrN2O/c1-10-3-6-12(7-4-10)17(2)14(18)11-5-8-13(15)16-9-11/h3-9H,1-2H3. The number of amides is 1. The predicted octanol–water partition coefficient (Wildman–Crippen LogP) is 3.43. The van der Waals surface area contributed by atoms with Crippen molar-refractivity contribution in [2.75, 3.05) is 11.9 Å². The second kappa shape index (κ2) is 5.31. The van der Waals surface area contributed by atoms with Gasteiger partial charge in [0, 0.05) is 18.9 Å². The maximum atomic E-state index is 12.2. The summed E-state index contributed by atoms with van der Waals surface area (Å²) in [6, 6.07) is 11.3. The number of rotatable bonds is 2. The van der Waals surface area contributed by atoms with Crippen molar-refractivity contribution in [1.82, 2.24) is 4.98 Å². The van der Waals surface area contributed by atoms with Crippen LogP contribution in [0, 0.1) is 6.92 Å². The lowest BCUT2D eigenvalue weighted by atomic mass is 10.2. The minimum Gasteiger partial charge on any atom is -0.311 e. The van der Waals surface area contributed by atoms with Gasteiger partial charge in [-0.3, -0.25) is 4.79 Å². The van der Waals surface area contributed by atoms with Crippen LogP contribution in [0.1, 0.15) is 15.9 Å². The number of pyridine rings is 1. The summed E-state index contributed by atoms with van der Waals surface area (Å²) in [5.74, 6) is -0.0705. The molecule has 1 amide bonds. The van der Waals surface area contributed by atoms with Crippen molar-refractivity contribution < 1.29 is 4.79 Å². The molecule has 0 spiro atoms. The molecule has 1 aromatic heterocycles. The van der Waals surface area contributed by atoms with E-state index < -0.39 is 0 Å². The van der Waals surface area contributed by atoms with Gasteiger partial charge >= 0.3 is 0 Å². The number of hydrogen-bond acceptors (Lipinski definition) is 2. The first kappa shape index (κ1) is 12.8. The van der Waals surface area contributed by atoms with Crippen LogP contribution in [-0.4, -0.2) is 17.9 Å². The molecule has 0 bridgehead atoms. The summed E-state index contributed by atoms with van der Waals surface area (Å²) in [4.78, 5) is 17.9. The Morgan fingerprint density at radius 3 is 2.39 bits per heavy atom. The molecule has 0 N–H and O–H groups in total. The van der Waals surface area contributed by atoms with Gasteiger partial charge in [0.15, 0.2) is 0 Å². The first-order valence-corrected chi connectivity index (χ1v) is 6.33. The van der Waals surface area contributed by atoms with Gasteiger partial charge in [-0.25, -0.2) is 4.98 Å². The van der Waals surface area contributed by atoms with Crippen LogP contribution in [0.3, 0.4) is 0 Å². The van der Waals surface area contributed by atoms with Crippen LogP contribution < -0.4 is 4.90 Å². The summed E-state index contributed by atoms with van der Waals surface area (Å²) >= 11 is 3.25. The normalized spacial score (nSPS) is 10.2. The molecule has 0 unspecified atom stereocenters. The highest BCUT2D eigenvalue weighted by Crippen LogP contribution is 2.16. The minimum absolute atomic E-state index is 0.0705. The summed E-state index contributed by atoms with van der Waals surface area (Å²) in [6.45, 7) is 2.02. The molecule has 0 saturated carbocycles.